The quantitative estimate of drug-likeness (QED) is 0.599. The lowest BCUT2D eigenvalue weighted by Crippen LogP contribution is -2.43. The summed E-state index contributed by atoms with van der Waals surface area (Å²) in [6, 6.07) is 10.3. The van der Waals surface area contributed by atoms with Crippen molar-refractivity contribution in [2.75, 3.05) is 13.7 Å². The standard InChI is InChI=1S/C22H35NO3/c1-4-5-13-20(26-16-18-10-7-6-8-11-18)21(24-3)15-17(2)22-19(23)12-9-14-25-22/h6-8,10-11,19-22H,2,4-5,9,12-16,23H2,1,3H3/t19-,20-,21-,22+/m1/s1. The predicted molar refractivity (Wildman–Crippen MR) is 106 cm³/mol. The van der Waals surface area contributed by atoms with Crippen LogP contribution in [0.25, 0.3) is 0 Å². The maximum absolute atomic E-state index is 6.26. The summed E-state index contributed by atoms with van der Waals surface area (Å²) in [6.45, 7) is 7.82. The van der Waals surface area contributed by atoms with E-state index in [9.17, 15) is 0 Å². The zero-order valence-electron chi connectivity index (χ0n) is 16.4. The molecule has 0 aromatic heterocycles. The SMILES string of the molecule is C=C(C[C@@H](OC)[C@@H](CCCC)OCc1ccccc1)[C@@H]1OCCC[C@H]1N. The zero-order chi connectivity index (χ0) is 18.8. The van der Waals surface area contributed by atoms with Gasteiger partial charge in [-0.15, -0.1) is 0 Å². The van der Waals surface area contributed by atoms with E-state index in [1.807, 2.05) is 18.2 Å². The van der Waals surface area contributed by atoms with Crippen molar-refractivity contribution in [1.29, 1.82) is 0 Å². The predicted octanol–water partition coefficient (Wildman–Crippen LogP) is 4.23. The Balaban J connectivity index is 1.96. The molecule has 1 fully saturated rings. The van der Waals surface area contributed by atoms with Gasteiger partial charge in [0, 0.05) is 19.8 Å². The first-order valence-corrected chi connectivity index (χ1v) is 9.88. The molecule has 0 unspecified atom stereocenters. The third kappa shape index (κ3) is 6.51. The second kappa shape index (κ2) is 11.5. The van der Waals surface area contributed by atoms with Crippen LogP contribution in [0.15, 0.2) is 42.5 Å². The molecule has 0 spiro atoms. The molecule has 1 aromatic carbocycles. The van der Waals surface area contributed by atoms with E-state index < -0.39 is 0 Å². The summed E-state index contributed by atoms with van der Waals surface area (Å²) < 4.78 is 17.9. The van der Waals surface area contributed by atoms with Gasteiger partial charge in [-0.3, -0.25) is 0 Å². The fourth-order valence-electron chi connectivity index (χ4n) is 3.53. The summed E-state index contributed by atoms with van der Waals surface area (Å²) in [5, 5.41) is 0. The molecule has 2 rings (SSSR count). The van der Waals surface area contributed by atoms with E-state index in [0.29, 0.717) is 6.61 Å². The molecule has 1 saturated heterocycles. The van der Waals surface area contributed by atoms with Gasteiger partial charge in [0.15, 0.2) is 0 Å². The van der Waals surface area contributed by atoms with Gasteiger partial charge in [0.05, 0.1) is 24.9 Å². The van der Waals surface area contributed by atoms with Gasteiger partial charge in [0.25, 0.3) is 0 Å². The van der Waals surface area contributed by atoms with Crippen LogP contribution < -0.4 is 5.73 Å². The monoisotopic (exact) mass is 361 g/mol. The van der Waals surface area contributed by atoms with Crippen LogP contribution in [0, 0.1) is 0 Å². The van der Waals surface area contributed by atoms with Crippen LogP contribution in [0.2, 0.25) is 0 Å². The van der Waals surface area contributed by atoms with Crippen molar-refractivity contribution in [2.24, 2.45) is 5.73 Å². The first-order chi connectivity index (χ1) is 12.7. The summed E-state index contributed by atoms with van der Waals surface area (Å²) >= 11 is 0. The Morgan fingerprint density at radius 1 is 1.31 bits per heavy atom. The molecule has 146 valence electrons. The second-order valence-electron chi connectivity index (χ2n) is 7.21. The molecule has 4 atom stereocenters. The van der Waals surface area contributed by atoms with Crippen LogP contribution in [0.1, 0.15) is 51.0 Å². The van der Waals surface area contributed by atoms with Crippen molar-refractivity contribution in [3.05, 3.63) is 48.0 Å². The molecule has 0 bridgehead atoms. The Morgan fingerprint density at radius 3 is 2.73 bits per heavy atom. The van der Waals surface area contributed by atoms with E-state index in [1.165, 1.54) is 5.56 Å². The highest BCUT2D eigenvalue weighted by molar-refractivity contribution is 5.14. The largest absolute Gasteiger partial charge is 0.378 e. The van der Waals surface area contributed by atoms with Gasteiger partial charge in [-0.25, -0.2) is 0 Å². The zero-order valence-corrected chi connectivity index (χ0v) is 16.4. The van der Waals surface area contributed by atoms with Gasteiger partial charge in [0.2, 0.25) is 0 Å². The van der Waals surface area contributed by atoms with E-state index >= 15 is 0 Å². The highest BCUT2D eigenvalue weighted by Gasteiger charge is 2.29. The molecule has 26 heavy (non-hydrogen) atoms. The fourth-order valence-corrected chi connectivity index (χ4v) is 3.53. The highest BCUT2D eigenvalue weighted by Crippen LogP contribution is 2.25. The van der Waals surface area contributed by atoms with Gasteiger partial charge in [-0.1, -0.05) is 56.7 Å². The highest BCUT2D eigenvalue weighted by atomic mass is 16.5. The van der Waals surface area contributed by atoms with Crippen molar-refractivity contribution in [3.63, 3.8) is 0 Å². The Hall–Kier alpha value is -1.20. The number of hydrogen-bond donors (Lipinski definition) is 1. The normalized spacial score (nSPS) is 22.7. The molecule has 2 N–H and O–H groups in total. The average molecular weight is 362 g/mol. The van der Waals surface area contributed by atoms with Gasteiger partial charge in [0.1, 0.15) is 0 Å². The van der Waals surface area contributed by atoms with E-state index in [0.717, 1.165) is 50.7 Å². The smallest absolute Gasteiger partial charge is 0.0934 e. The van der Waals surface area contributed by atoms with Crippen molar-refractivity contribution in [3.8, 4) is 0 Å². The number of unbranched alkanes of at least 4 members (excludes halogenated alkanes) is 1. The summed E-state index contributed by atoms with van der Waals surface area (Å²) in [5.41, 5.74) is 8.43. The van der Waals surface area contributed by atoms with Crippen LogP contribution in [0.4, 0.5) is 0 Å². The third-order valence-electron chi connectivity index (χ3n) is 5.10. The molecule has 4 heteroatoms. The molecular weight excluding hydrogens is 326 g/mol. The van der Waals surface area contributed by atoms with Crippen LogP contribution in [-0.2, 0) is 20.8 Å². The number of hydrogen-bond acceptors (Lipinski definition) is 4. The second-order valence-corrected chi connectivity index (χ2v) is 7.21. The van der Waals surface area contributed by atoms with Gasteiger partial charge >= 0.3 is 0 Å². The molecule has 1 aromatic rings. The van der Waals surface area contributed by atoms with Crippen molar-refractivity contribution >= 4 is 0 Å². The lowest BCUT2D eigenvalue weighted by molar-refractivity contribution is -0.0709. The average Bonchev–Trinajstić information content (AvgIpc) is 2.67. The number of ether oxygens (including phenoxy) is 3. The minimum atomic E-state index is -0.0673. The molecule has 0 aliphatic carbocycles. The summed E-state index contributed by atoms with van der Waals surface area (Å²) in [7, 11) is 1.75. The maximum Gasteiger partial charge on any atom is 0.0934 e. The van der Waals surface area contributed by atoms with Crippen LogP contribution in [0.3, 0.4) is 0 Å². The Bertz CT molecular complexity index is 519. The Kier molecular flexibility index (Phi) is 9.33. The topological polar surface area (TPSA) is 53.7 Å². The molecule has 0 amide bonds. The lowest BCUT2D eigenvalue weighted by atomic mass is 9.92. The maximum atomic E-state index is 6.26. The van der Waals surface area contributed by atoms with E-state index in [4.69, 9.17) is 19.9 Å². The van der Waals surface area contributed by atoms with Crippen LogP contribution >= 0.6 is 0 Å². The van der Waals surface area contributed by atoms with Crippen LogP contribution in [0.5, 0.6) is 0 Å². The number of nitrogens with two attached hydrogens (primary N) is 1. The van der Waals surface area contributed by atoms with Gasteiger partial charge in [-0.2, -0.15) is 0 Å². The summed E-state index contributed by atoms with van der Waals surface area (Å²) in [4.78, 5) is 0. The molecule has 1 aliphatic rings. The molecule has 0 radical (unpaired) electrons. The third-order valence-corrected chi connectivity index (χ3v) is 5.10. The number of rotatable bonds is 11. The Labute approximate surface area is 158 Å². The van der Waals surface area contributed by atoms with Gasteiger partial charge in [-0.05, 0) is 36.8 Å². The van der Waals surface area contributed by atoms with E-state index in [2.05, 4.69) is 25.6 Å². The van der Waals surface area contributed by atoms with Crippen molar-refractivity contribution in [2.45, 2.75) is 76.4 Å². The van der Waals surface area contributed by atoms with Crippen molar-refractivity contribution < 1.29 is 14.2 Å². The summed E-state index contributed by atoms with van der Waals surface area (Å²) in [5.74, 6) is 0. The van der Waals surface area contributed by atoms with E-state index in [1.54, 1.807) is 7.11 Å². The summed E-state index contributed by atoms with van der Waals surface area (Å²) in [6.07, 6.45) is 5.91. The lowest BCUT2D eigenvalue weighted by Gasteiger charge is -2.33. The molecule has 4 nitrogen and oxygen atoms in total. The fraction of sp³-hybridized carbons (Fsp3) is 0.636. The van der Waals surface area contributed by atoms with E-state index in [-0.39, 0.29) is 24.4 Å². The number of benzene rings is 1. The van der Waals surface area contributed by atoms with Gasteiger partial charge < -0.3 is 19.9 Å². The molecular formula is C22H35NO3. The van der Waals surface area contributed by atoms with Crippen molar-refractivity contribution in [1.82, 2.24) is 0 Å². The Morgan fingerprint density at radius 2 is 2.08 bits per heavy atom. The first-order valence-electron chi connectivity index (χ1n) is 9.88. The minimum absolute atomic E-state index is 0.0320. The van der Waals surface area contributed by atoms with Crippen LogP contribution in [-0.4, -0.2) is 38.1 Å². The molecule has 1 heterocycles. The molecule has 1 aliphatic heterocycles. The minimum Gasteiger partial charge on any atom is -0.378 e. The molecule has 0 saturated carbocycles. The first kappa shape index (κ1) is 21.1. The number of methoxy groups -OCH3 is 1.